The molecule has 0 rings (SSSR count). The van der Waals surface area contributed by atoms with Gasteiger partial charge in [-0.3, -0.25) is 0 Å². The largest absolute Gasteiger partial charge is 0.477 e. The van der Waals surface area contributed by atoms with Gasteiger partial charge in [0.2, 0.25) is 0 Å². The molecule has 0 atom stereocenters. The molecule has 0 fully saturated rings. The van der Waals surface area contributed by atoms with Crippen molar-refractivity contribution in [3.05, 3.63) is 0 Å². The van der Waals surface area contributed by atoms with Crippen LogP contribution in [0.2, 0.25) is 0 Å². The Labute approximate surface area is 62.7 Å². The highest BCUT2D eigenvalue weighted by molar-refractivity contribution is 7.80. The molecule has 0 aromatic rings. The van der Waals surface area contributed by atoms with Crippen LogP contribution >= 0.6 is 12.2 Å². The van der Waals surface area contributed by atoms with Crippen molar-refractivity contribution in [3.63, 3.8) is 0 Å². The van der Waals surface area contributed by atoms with Crippen LogP contribution in [0.1, 0.15) is 0 Å². The first kappa shape index (κ1) is 8.83. The van der Waals surface area contributed by atoms with Crippen LogP contribution in [0, 0.1) is 0 Å². The van der Waals surface area contributed by atoms with Gasteiger partial charge in [-0.05, 0) is 12.2 Å². The molecular weight excluding hydrogens is 156 g/mol. The first-order valence-electron chi connectivity index (χ1n) is 2.26. The quantitative estimate of drug-likeness (QED) is 0.328. The second-order valence-corrected chi connectivity index (χ2v) is 1.57. The highest BCUT2D eigenvalue weighted by atomic mass is 32.1. The van der Waals surface area contributed by atoms with Gasteiger partial charge in [0.1, 0.15) is 6.21 Å². The smallest absolute Gasteiger partial charge is 0.348 e. The Kier molecular flexibility index (Phi) is 4.14. The van der Waals surface area contributed by atoms with Crippen LogP contribution in [-0.4, -0.2) is 29.6 Å². The van der Waals surface area contributed by atoms with E-state index in [-0.39, 0.29) is 5.17 Å². The molecule has 0 spiro atoms. The Morgan fingerprint density at radius 1 is 1.90 bits per heavy atom. The summed E-state index contributed by atoms with van der Waals surface area (Å²) in [5, 5.41) is 11.3. The van der Waals surface area contributed by atoms with Gasteiger partial charge in [0, 0.05) is 0 Å². The molecule has 0 saturated heterocycles. The van der Waals surface area contributed by atoms with Crippen molar-refractivity contribution in [3.8, 4) is 0 Å². The molecule has 0 aliphatic carbocycles. The maximum Gasteiger partial charge on any atom is 0.348 e. The summed E-state index contributed by atoms with van der Waals surface area (Å²) in [6.45, 7) is 0. The highest BCUT2D eigenvalue weighted by Gasteiger charge is 1.88. The Morgan fingerprint density at radius 2 is 2.50 bits per heavy atom. The molecule has 10 heavy (non-hydrogen) atoms. The maximum atomic E-state index is 9.80. The summed E-state index contributed by atoms with van der Waals surface area (Å²) in [4.78, 5) is 9.80. The third-order valence-corrected chi connectivity index (χ3v) is 0.774. The number of hydrazone groups is 1. The molecule has 0 amide bonds. The number of nitrogens with one attached hydrogen (secondary N) is 1. The maximum absolute atomic E-state index is 9.80. The van der Waals surface area contributed by atoms with E-state index in [9.17, 15) is 4.79 Å². The summed E-state index contributed by atoms with van der Waals surface area (Å²) in [6.07, 6.45) is 0.672. The van der Waals surface area contributed by atoms with Gasteiger partial charge in [-0.15, -0.1) is 0 Å². The van der Waals surface area contributed by atoms with Crippen LogP contribution in [0.25, 0.3) is 0 Å². The van der Waals surface area contributed by atoms with E-state index in [1.165, 1.54) is 7.11 Å². The second kappa shape index (κ2) is 4.68. The standard InChI is InChI=1S/C4H6N2O3S/c1-9-4(10)6-5-2-3(7)8/h2H,1H3,(H,6,10)(H,7,8). The SMILES string of the molecule is COC(=S)NN=CC(=O)O. The van der Waals surface area contributed by atoms with Crippen LogP contribution < -0.4 is 5.43 Å². The topological polar surface area (TPSA) is 70.9 Å². The molecule has 0 saturated carbocycles. The highest BCUT2D eigenvalue weighted by Crippen LogP contribution is 1.70. The minimum atomic E-state index is -1.15. The van der Waals surface area contributed by atoms with Crippen LogP contribution in [0.5, 0.6) is 0 Å². The zero-order valence-electron chi connectivity index (χ0n) is 5.20. The van der Waals surface area contributed by atoms with Gasteiger partial charge in [-0.1, -0.05) is 0 Å². The molecule has 0 radical (unpaired) electrons. The van der Waals surface area contributed by atoms with Gasteiger partial charge >= 0.3 is 5.97 Å². The number of methoxy groups -OCH3 is 1. The van der Waals surface area contributed by atoms with Crippen molar-refractivity contribution in [2.75, 3.05) is 7.11 Å². The lowest BCUT2D eigenvalue weighted by molar-refractivity contribution is -0.128. The molecule has 0 bridgehead atoms. The fraction of sp³-hybridized carbons (Fsp3) is 0.250. The van der Waals surface area contributed by atoms with E-state index in [1.54, 1.807) is 0 Å². The van der Waals surface area contributed by atoms with Crippen molar-refractivity contribution in [2.45, 2.75) is 0 Å². The fourth-order valence-corrected chi connectivity index (χ4v) is 0.239. The molecule has 0 aromatic heterocycles. The van der Waals surface area contributed by atoms with Gasteiger partial charge < -0.3 is 9.84 Å². The average Bonchev–Trinajstić information content (AvgIpc) is 1.87. The average molecular weight is 162 g/mol. The predicted octanol–water partition coefficient (Wildman–Crippen LogP) is -0.422. The van der Waals surface area contributed by atoms with Crippen molar-refractivity contribution < 1.29 is 14.6 Å². The van der Waals surface area contributed by atoms with Crippen LogP contribution in [0.4, 0.5) is 0 Å². The molecule has 2 N–H and O–H groups in total. The minimum Gasteiger partial charge on any atom is -0.477 e. The van der Waals surface area contributed by atoms with Crippen LogP contribution in [-0.2, 0) is 9.53 Å². The lowest BCUT2D eigenvalue weighted by Crippen LogP contribution is -2.17. The molecule has 0 aromatic carbocycles. The number of hydrogen-bond acceptors (Lipinski definition) is 4. The third-order valence-electron chi connectivity index (χ3n) is 0.516. The third kappa shape index (κ3) is 4.98. The van der Waals surface area contributed by atoms with E-state index < -0.39 is 5.97 Å². The number of carboxylic acids is 1. The molecule has 0 aliphatic heterocycles. The number of carbonyl (C=O) groups is 1. The number of nitrogens with zero attached hydrogens (tertiary/aromatic N) is 1. The number of thiocarbonyl (C=S) groups is 1. The summed E-state index contributed by atoms with van der Waals surface area (Å²) in [7, 11) is 1.35. The van der Waals surface area contributed by atoms with Gasteiger partial charge in [-0.25, -0.2) is 10.2 Å². The molecule has 0 unspecified atom stereocenters. The predicted molar refractivity (Wildman–Crippen MR) is 38.9 cm³/mol. The first-order chi connectivity index (χ1) is 4.66. The zero-order chi connectivity index (χ0) is 7.98. The summed E-state index contributed by atoms with van der Waals surface area (Å²) in [5.74, 6) is -1.15. The van der Waals surface area contributed by atoms with E-state index in [4.69, 9.17) is 5.11 Å². The Morgan fingerprint density at radius 3 is 2.90 bits per heavy atom. The summed E-state index contributed by atoms with van der Waals surface area (Å²) < 4.78 is 4.45. The number of rotatable bonds is 2. The van der Waals surface area contributed by atoms with Gasteiger partial charge in [-0.2, -0.15) is 5.10 Å². The van der Waals surface area contributed by atoms with E-state index in [2.05, 4.69) is 27.5 Å². The second-order valence-electron chi connectivity index (χ2n) is 1.20. The van der Waals surface area contributed by atoms with E-state index >= 15 is 0 Å². The van der Waals surface area contributed by atoms with Crippen molar-refractivity contribution in [2.24, 2.45) is 5.10 Å². The summed E-state index contributed by atoms with van der Waals surface area (Å²) in [5.41, 5.74) is 2.16. The monoisotopic (exact) mass is 162 g/mol. The van der Waals surface area contributed by atoms with Crippen LogP contribution in [0.15, 0.2) is 5.10 Å². The Balaban J connectivity index is 3.53. The minimum absolute atomic E-state index is 0.0255. The molecule has 5 nitrogen and oxygen atoms in total. The Hall–Kier alpha value is -1.17. The van der Waals surface area contributed by atoms with Gasteiger partial charge in [0.05, 0.1) is 7.11 Å². The fourth-order valence-electron chi connectivity index (χ4n) is 0.186. The first-order valence-corrected chi connectivity index (χ1v) is 2.67. The van der Waals surface area contributed by atoms with E-state index in [1.807, 2.05) is 0 Å². The van der Waals surface area contributed by atoms with E-state index in [0.717, 1.165) is 0 Å². The molecular formula is C4H6N2O3S. The lowest BCUT2D eigenvalue weighted by Gasteiger charge is -1.96. The molecule has 6 heteroatoms. The lowest BCUT2D eigenvalue weighted by atomic mass is 10.8. The number of carboxylic acid groups (broad SMARTS) is 1. The number of aliphatic carboxylic acids is 1. The van der Waals surface area contributed by atoms with Crippen LogP contribution in [0.3, 0.4) is 0 Å². The summed E-state index contributed by atoms with van der Waals surface area (Å²) >= 11 is 4.47. The van der Waals surface area contributed by atoms with Crippen molar-refractivity contribution in [1.82, 2.24) is 5.43 Å². The van der Waals surface area contributed by atoms with Gasteiger partial charge in [0.25, 0.3) is 5.17 Å². The number of hydrogen-bond donors (Lipinski definition) is 2. The Bertz CT molecular complexity index is 168. The molecule has 0 aliphatic rings. The number of ether oxygens (including phenoxy) is 1. The molecule has 56 valence electrons. The summed E-state index contributed by atoms with van der Waals surface area (Å²) in [6, 6.07) is 0. The molecule has 0 heterocycles. The van der Waals surface area contributed by atoms with Gasteiger partial charge in [0.15, 0.2) is 0 Å². The normalized spacial score (nSPS) is 9.30. The zero-order valence-corrected chi connectivity index (χ0v) is 6.01. The van der Waals surface area contributed by atoms with Crippen molar-refractivity contribution >= 4 is 29.6 Å². The van der Waals surface area contributed by atoms with E-state index in [0.29, 0.717) is 6.21 Å². The van der Waals surface area contributed by atoms with Crippen molar-refractivity contribution in [1.29, 1.82) is 0 Å².